The van der Waals surface area contributed by atoms with E-state index in [4.69, 9.17) is 4.74 Å². The smallest absolute Gasteiger partial charge is 0.240 e. The van der Waals surface area contributed by atoms with Gasteiger partial charge in [0.2, 0.25) is 15.9 Å². The summed E-state index contributed by atoms with van der Waals surface area (Å²) in [6.07, 6.45) is 1.50. The van der Waals surface area contributed by atoms with Gasteiger partial charge in [-0.1, -0.05) is 36.4 Å². The van der Waals surface area contributed by atoms with Crippen LogP contribution >= 0.6 is 0 Å². The maximum Gasteiger partial charge on any atom is 0.240 e. The number of aromatic nitrogens is 1. The largest absolute Gasteiger partial charge is 0.496 e. The van der Waals surface area contributed by atoms with Crippen molar-refractivity contribution in [1.29, 1.82) is 0 Å². The SMILES string of the molecule is CNS(=O)(=O)c1ccc(-c2cccc(NC(=O)C3(c4ccccc4OC)CC3)n2)cc1. The van der Waals surface area contributed by atoms with Gasteiger partial charge < -0.3 is 10.1 Å². The molecule has 7 nitrogen and oxygen atoms in total. The van der Waals surface area contributed by atoms with E-state index in [9.17, 15) is 13.2 Å². The number of nitrogens with one attached hydrogen (secondary N) is 2. The second kappa shape index (κ2) is 8.13. The zero-order valence-electron chi connectivity index (χ0n) is 17.3. The Hall–Kier alpha value is -3.23. The van der Waals surface area contributed by atoms with Gasteiger partial charge in [-0.3, -0.25) is 4.79 Å². The maximum absolute atomic E-state index is 13.1. The van der Waals surface area contributed by atoms with Crippen molar-refractivity contribution >= 4 is 21.7 Å². The molecule has 1 aliphatic carbocycles. The number of sulfonamides is 1. The van der Waals surface area contributed by atoms with Crippen LogP contribution in [0, 0.1) is 0 Å². The number of carbonyl (C=O) groups is 1. The van der Waals surface area contributed by atoms with Gasteiger partial charge in [-0.25, -0.2) is 18.1 Å². The first-order chi connectivity index (χ1) is 14.9. The number of methoxy groups -OCH3 is 1. The molecule has 0 radical (unpaired) electrons. The number of ether oxygens (including phenoxy) is 1. The summed E-state index contributed by atoms with van der Waals surface area (Å²) in [5.41, 5.74) is 1.66. The third-order valence-electron chi connectivity index (χ3n) is 5.53. The lowest BCUT2D eigenvalue weighted by molar-refractivity contribution is -0.118. The molecule has 0 aliphatic heterocycles. The van der Waals surface area contributed by atoms with Crippen LogP contribution in [0.1, 0.15) is 18.4 Å². The number of amides is 1. The summed E-state index contributed by atoms with van der Waals surface area (Å²) in [6, 6.07) is 19.4. The van der Waals surface area contributed by atoms with Crippen molar-refractivity contribution in [3.05, 3.63) is 72.3 Å². The lowest BCUT2D eigenvalue weighted by atomic mass is 9.94. The second-order valence-electron chi connectivity index (χ2n) is 7.38. The van der Waals surface area contributed by atoms with E-state index in [1.54, 1.807) is 31.4 Å². The summed E-state index contributed by atoms with van der Waals surface area (Å²) in [4.78, 5) is 17.8. The van der Waals surface area contributed by atoms with Gasteiger partial charge in [0.1, 0.15) is 11.6 Å². The Labute approximate surface area is 181 Å². The molecule has 0 atom stereocenters. The van der Waals surface area contributed by atoms with E-state index in [-0.39, 0.29) is 10.8 Å². The average molecular weight is 438 g/mol. The van der Waals surface area contributed by atoms with Crippen molar-refractivity contribution in [3.63, 3.8) is 0 Å². The number of nitrogens with zero attached hydrogens (tertiary/aromatic N) is 1. The number of anilines is 1. The van der Waals surface area contributed by atoms with E-state index >= 15 is 0 Å². The second-order valence-corrected chi connectivity index (χ2v) is 9.26. The molecular formula is C23H23N3O4S. The first-order valence-electron chi connectivity index (χ1n) is 9.86. The zero-order valence-corrected chi connectivity index (χ0v) is 18.1. The zero-order chi connectivity index (χ0) is 22.1. The maximum atomic E-state index is 13.1. The summed E-state index contributed by atoms with van der Waals surface area (Å²) in [5.74, 6) is 1.03. The molecule has 1 amide bonds. The van der Waals surface area contributed by atoms with Gasteiger partial charge in [-0.15, -0.1) is 0 Å². The van der Waals surface area contributed by atoms with Crippen molar-refractivity contribution in [2.24, 2.45) is 0 Å². The number of pyridine rings is 1. The predicted octanol–water partition coefficient (Wildman–Crippen LogP) is 3.34. The van der Waals surface area contributed by atoms with Crippen LogP contribution in [0.3, 0.4) is 0 Å². The molecule has 160 valence electrons. The molecule has 0 spiro atoms. The standard InChI is InChI=1S/C23H23N3O4S/c1-24-31(28,29)17-12-10-16(11-13-17)19-7-5-9-21(25-19)26-22(27)23(14-15-23)18-6-3-4-8-20(18)30-2/h3-13,24H,14-15H2,1-2H3,(H,25,26,27). The van der Waals surface area contributed by atoms with Crippen LogP contribution in [0.25, 0.3) is 11.3 Å². The number of hydrogen-bond donors (Lipinski definition) is 2. The van der Waals surface area contributed by atoms with Crippen molar-refractivity contribution in [2.75, 3.05) is 19.5 Å². The van der Waals surface area contributed by atoms with Gasteiger partial charge in [-0.05, 0) is 50.2 Å². The Balaban J connectivity index is 1.56. The van der Waals surface area contributed by atoms with Crippen LogP contribution in [0.15, 0.2) is 71.6 Å². The third kappa shape index (κ3) is 4.04. The topological polar surface area (TPSA) is 97.4 Å². The van der Waals surface area contributed by atoms with Crippen LogP contribution in [-0.4, -0.2) is 33.5 Å². The molecule has 4 rings (SSSR count). The fourth-order valence-corrected chi connectivity index (χ4v) is 4.34. The highest BCUT2D eigenvalue weighted by Gasteiger charge is 2.52. The van der Waals surface area contributed by atoms with Crippen molar-refractivity contribution < 1.29 is 17.9 Å². The normalized spacial score (nSPS) is 14.6. The summed E-state index contributed by atoms with van der Waals surface area (Å²) in [5, 5.41) is 2.94. The molecule has 0 saturated heterocycles. The van der Waals surface area contributed by atoms with Crippen LogP contribution in [0.4, 0.5) is 5.82 Å². The molecule has 0 unspecified atom stereocenters. The lowest BCUT2D eigenvalue weighted by Gasteiger charge is -2.18. The molecule has 31 heavy (non-hydrogen) atoms. The minimum absolute atomic E-state index is 0.114. The Morgan fingerprint density at radius 3 is 2.35 bits per heavy atom. The van der Waals surface area contributed by atoms with Gasteiger partial charge in [0.15, 0.2) is 0 Å². The van der Waals surface area contributed by atoms with E-state index in [1.807, 2.05) is 30.3 Å². The van der Waals surface area contributed by atoms with Gasteiger partial charge >= 0.3 is 0 Å². The Bertz CT molecular complexity index is 1220. The predicted molar refractivity (Wildman–Crippen MR) is 118 cm³/mol. The Morgan fingerprint density at radius 2 is 1.71 bits per heavy atom. The van der Waals surface area contributed by atoms with Crippen LogP contribution in [0.2, 0.25) is 0 Å². The Kier molecular flexibility index (Phi) is 5.51. The third-order valence-corrected chi connectivity index (χ3v) is 6.96. The highest BCUT2D eigenvalue weighted by Crippen LogP contribution is 2.51. The van der Waals surface area contributed by atoms with E-state index < -0.39 is 15.4 Å². The van der Waals surface area contributed by atoms with Gasteiger partial charge in [0.25, 0.3) is 0 Å². The van der Waals surface area contributed by atoms with Gasteiger partial charge in [-0.2, -0.15) is 0 Å². The minimum atomic E-state index is -3.50. The molecule has 1 aromatic heterocycles. The van der Waals surface area contributed by atoms with Crippen LogP contribution < -0.4 is 14.8 Å². The van der Waals surface area contributed by atoms with Crippen LogP contribution in [-0.2, 0) is 20.2 Å². The molecule has 1 saturated carbocycles. The van der Waals surface area contributed by atoms with Crippen LogP contribution in [0.5, 0.6) is 5.75 Å². The van der Waals surface area contributed by atoms with Crippen molar-refractivity contribution in [3.8, 4) is 17.0 Å². The first kappa shape index (κ1) is 21.0. The highest BCUT2D eigenvalue weighted by molar-refractivity contribution is 7.89. The average Bonchev–Trinajstić information content (AvgIpc) is 3.61. The first-order valence-corrected chi connectivity index (χ1v) is 11.3. The summed E-state index contributed by atoms with van der Waals surface area (Å²) in [6.45, 7) is 0. The minimum Gasteiger partial charge on any atom is -0.496 e. The number of rotatable bonds is 7. The fourth-order valence-electron chi connectivity index (χ4n) is 3.61. The fraction of sp³-hybridized carbons (Fsp3) is 0.217. The number of carbonyl (C=O) groups excluding carboxylic acids is 1. The summed E-state index contributed by atoms with van der Waals surface area (Å²) < 4.78 is 31.5. The van der Waals surface area contributed by atoms with Crippen molar-refractivity contribution in [1.82, 2.24) is 9.71 Å². The molecule has 1 fully saturated rings. The lowest BCUT2D eigenvalue weighted by Crippen LogP contribution is -2.28. The highest BCUT2D eigenvalue weighted by atomic mass is 32.2. The van der Waals surface area contributed by atoms with E-state index in [2.05, 4.69) is 15.0 Å². The molecular weight excluding hydrogens is 414 g/mol. The molecule has 2 N–H and O–H groups in total. The van der Waals surface area contributed by atoms with E-state index in [0.29, 0.717) is 17.3 Å². The molecule has 1 aliphatic rings. The summed E-state index contributed by atoms with van der Waals surface area (Å²) in [7, 11) is -0.529. The molecule has 8 heteroatoms. The monoisotopic (exact) mass is 437 g/mol. The number of para-hydroxylation sites is 1. The summed E-state index contributed by atoms with van der Waals surface area (Å²) >= 11 is 0. The number of hydrogen-bond acceptors (Lipinski definition) is 5. The Morgan fingerprint density at radius 1 is 1.00 bits per heavy atom. The van der Waals surface area contributed by atoms with E-state index in [1.165, 1.54) is 19.2 Å². The molecule has 3 aromatic rings. The number of benzene rings is 2. The quantitative estimate of drug-likeness (QED) is 0.591. The van der Waals surface area contributed by atoms with Gasteiger partial charge in [0.05, 0.1) is 23.1 Å². The van der Waals surface area contributed by atoms with Crippen molar-refractivity contribution in [2.45, 2.75) is 23.2 Å². The van der Waals surface area contributed by atoms with E-state index in [0.717, 1.165) is 24.0 Å². The van der Waals surface area contributed by atoms with Gasteiger partial charge in [0, 0.05) is 11.1 Å². The molecule has 0 bridgehead atoms. The molecule has 1 heterocycles. The molecule has 2 aromatic carbocycles.